The van der Waals surface area contributed by atoms with Gasteiger partial charge in [-0.3, -0.25) is 23.9 Å². The molecule has 2 atom stereocenters. The van der Waals surface area contributed by atoms with Crippen LogP contribution >= 0.6 is 38.7 Å². The summed E-state index contributed by atoms with van der Waals surface area (Å²) >= 11 is 7.94. The van der Waals surface area contributed by atoms with Gasteiger partial charge in [0.15, 0.2) is 0 Å². The minimum atomic E-state index is -4.53. The number of piperidine rings is 1. The number of piperazine rings is 1. The second-order valence-corrected chi connectivity index (χ2v) is 24.8. The molecule has 0 amide bonds. The van der Waals surface area contributed by atoms with Crippen LogP contribution in [-0.4, -0.2) is 113 Å². The average molecular weight is 1110 g/mol. The van der Waals surface area contributed by atoms with Crippen molar-refractivity contribution in [1.29, 1.82) is 0 Å². The summed E-state index contributed by atoms with van der Waals surface area (Å²) in [7, 11) is -8.28. The fraction of sp³-hybridized carbons (Fsp3) is 0.364. The van der Waals surface area contributed by atoms with E-state index in [1.54, 1.807) is 28.6 Å². The maximum atomic E-state index is 14.9. The first-order valence-corrected chi connectivity index (χ1v) is 30.1. The lowest BCUT2D eigenvalue weighted by molar-refractivity contribution is -0.383. The van der Waals surface area contributed by atoms with Crippen LogP contribution in [-0.2, 0) is 18.2 Å². The summed E-state index contributed by atoms with van der Waals surface area (Å²) in [5, 5.41) is 27.7. The molecule has 0 spiro atoms. The Morgan fingerprint density at radius 1 is 0.868 bits per heavy atom. The third-order valence-electron chi connectivity index (χ3n) is 14.5. The van der Waals surface area contributed by atoms with E-state index in [9.17, 15) is 29.1 Å². The molecule has 4 heterocycles. The van der Waals surface area contributed by atoms with Crippen LogP contribution in [0.4, 0.5) is 28.4 Å². The van der Waals surface area contributed by atoms with Crippen LogP contribution < -0.4 is 25.1 Å². The Morgan fingerprint density at radius 3 is 2.18 bits per heavy atom. The number of halogens is 1. The number of likely N-dealkylation sites (tertiary alicyclic amines) is 1. The van der Waals surface area contributed by atoms with E-state index in [0.717, 1.165) is 85.2 Å². The van der Waals surface area contributed by atoms with Gasteiger partial charge in [0.25, 0.3) is 5.69 Å². The highest BCUT2D eigenvalue weighted by Gasteiger charge is 2.41. The molecule has 17 nitrogen and oxygen atoms in total. The fourth-order valence-electron chi connectivity index (χ4n) is 10.7. The van der Waals surface area contributed by atoms with Gasteiger partial charge in [-0.25, -0.2) is 9.36 Å². The van der Waals surface area contributed by atoms with E-state index in [2.05, 4.69) is 50.6 Å². The molecule has 6 aromatic rings. The van der Waals surface area contributed by atoms with Crippen LogP contribution in [0.15, 0.2) is 126 Å². The molecule has 3 aliphatic rings. The van der Waals surface area contributed by atoms with Crippen molar-refractivity contribution in [3.8, 4) is 22.4 Å². The predicted molar refractivity (Wildman–Crippen MR) is 303 cm³/mol. The van der Waals surface area contributed by atoms with E-state index in [1.165, 1.54) is 6.07 Å². The van der Waals surface area contributed by atoms with Crippen molar-refractivity contribution in [1.82, 2.24) is 9.47 Å². The molecule has 3 aliphatic heterocycles. The van der Waals surface area contributed by atoms with E-state index in [1.807, 2.05) is 97.9 Å². The number of anilines is 4. The van der Waals surface area contributed by atoms with Crippen molar-refractivity contribution < 1.29 is 42.8 Å². The lowest BCUT2D eigenvalue weighted by atomic mass is 9.96. The Labute approximate surface area is 452 Å². The minimum Gasteiger partial charge on any atom is -0.478 e. The second kappa shape index (κ2) is 23.9. The standard InChI is InChI=1S/C55H64ClN7O10P2S/c1-38(2)62-39(3)52(55(64)65)53(54(62)41-12-14-43(56)15-13-41)42-8-7-9-47(34-42)60-30-28-59(29-31-60)45-16-18-46(19-17-45)61-32-33-72-74(61,68)48-20-21-50(51(35-48)63(66)67)57-44(37-76-49-10-5-4-6-11-49)24-27-58-25-22-40(23-26-58)36-73-75(69,70)71/h4-21,34-35,38,40,44,57H,22-33,36-37H2,1-3H3,(H,64,65)(H2,69,70,71)/t44-,74+/m1/s1. The number of hydrogen-bond donors (Lipinski definition) is 4. The highest BCUT2D eigenvalue weighted by Crippen LogP contribution is 2.56. The van der Waals surface area contributed by atoms with Crippen LogP contribution in [0.25, 0.3) is 22.4 Å². The number of nitrogens with one attached hydrogen (secondary N) is 1. The molecular weight excluding hydrogens is 1050 g/mol. The molecule has 0 saturated carbocycles. The first kappa shape index (κ1) is 55.1. The number of nitro groups is 1. The molecule has 5 aromatic carbocycles. The summed E-state index contributed by atoms with van der Waals surface area (Å²) in [6, 6.07) is 38.0. The van der Waals surface area contributed by atoms with Crippen LogP contribution in [0.1, 0.15) is 55.2 Å². The molecule has 1 aromatic heterocycles. The minimum absolute atomic E-state index is 0.00570. The number of carboxylic acids is 1. The Balaban J connectivity index is 0.867. The first-order valence-electron chi connectivity index (χ1n) is 25.6. The normalized spacial score (nSPS) is 18.1. The zero-order valence-corrected chi connectivity index (χ0v) is 46.1. The second-order valence-electron chi connectivity index (χ2n) is 19.8. The zero-order valence-electron chi connectivity index (χ0n) is 42.7. The molecule has 0 radical (unpaired) electrons. The molecule has 402 valence electrons. The van der Waals surface area contributed by atoms with Crippen molar-refractivity contribution >= 4 is 78.4 Å². The van der Waals surface area contributed by atoms with E-state index < -0.39 is 26.2 Å². The number of carbonyl (C=O) groups is 1. The summed E-state index contributed by atoms with van der Waals surface area (Å²) < 4.78 is 40.8. The van der Waals surface area contributed by atoms with Gasteiger partial charge in [0.2, 0.25) is 0 Å². The number of hydrogen-bond acceptors (Lipinski definition) is 12. The van der Waals surface area contributed by atoms with Crippen LogP contribution in [0.3, 0.4) is 0 Å². The van der Waals surface area contributed by atoms with Crippen LogP contribution in [0.5, 0.6) is 0 Å². The van der Waals surface area contributed by atoms with Crippen molar-refractivity contribution in [3.63, 3.8) is 0 Å². The molecular formula is C55H64ClN7O10P2S. The van der Waals surface area contributed by atoms with Gasteiger partial charge in [0.05, 0.1) is 41.2 Å². The largest absolute Gasteiger partial charge is 0.478 e. The summed E-state index contributed by atoms with van der Waals surface area (Å²) in [6.45, 7) is 11.6. The Morgan fingerprint density at radius 2 is 1.54 bits per heavy atom. The van der Waals surface area contributed by atoms with E-state index in [-0.39, 0.29) is 47.8 Å². The van der Waals surface area contributed by atoms with E-state index in [0.29, 0.717) is 52.9 Å². The first-order chi connectivity index (χ1) is 36.5. The van der Waals surface area contributed by atoms with Gasteiger partial charge in [0.1, 0.15) is 5.69 Å². The third kappa shape index (κ3) is 12.7. The molecule has 0 unspecified atom stereocenters. The molecule has 76 heavy (non-hydrogen) atoms. The van der Waals surface area contributed by atoms with E-state index in [4.69, 9.17) is 30.4 Å². The number of benzene rings is 5. The lowest BCUT2D eigenvalue weighted by Gasteiger charge is -2.37. The van der Waals surface area contributed by atoms with E-state index >= 15 is 0 Å². The fourth-order valence-corrected chi connectivity index (χ4v) is 14.4. The number of rotatable bonds is 20. The van der Waals surface area contributed by atoms with Crippen LogP contribution in [0.2, 0.25) is 5.02 Å². The summed E-state index contributed by atoms with van der Waals surface area (Å²) in [6.07, 6.45) is 2.16. The Kier molecular flexibility index (Phi) is 17.4. The van der Waals surface area contributed by atoms with Gasteiger partial charge in [-0.05, 0) is 143 Å². The van der Waals surface area contributed by atoms with Gasteiger partial charge < -0.3 is 44.0 Å². The third-order valence-corrected chi connectivity index (χ3v) is 19.0. The molecule has 4 N–H and O–H groups in total. The van der Waals surface area contributed by atoms with Gasteiger partial charge in [-0.15, -0.1) is 11.8 Å². The monoisotopic (exact) mass is 1110 g/mol. The molecule has 0 bridgehead atoms. The van der Waals surface area contributed by atoms with Crippen molar-refractivity contribution in [2.75, 3.05) is 91.1 Å². The number of thioether (sulfide) groups is 1. The topological polar surface area (TPSA) is 203 Å². The number of phosphoric acid groups is 1. The average Bonchev–Trinajstić information content (AvgIpc) is 4.08. The molecule has 0 aliphatic carbocycles. The number of carboxylic acid groups (broad SMARTS) is 1. The molecule has 3 saturated heterocycles. The number of phosphoric ester groups is 1. The summed E-state index contributed by atoms with van der Waals surface area (Å²) in [5.74, 6) is -0.294. The molecule has 21 heteroatoms. The highest BCUT2D eigenvalue weighted by atomic mass is 35.5. The van der Waals surface area contributed by atoms with Gasteiger partial charge in [-0.1, -0.05) is 54.1 Å². The highest BCUT2D eigenvalue weighted by molar-refractivity contribution is 7.99. The maximum absolute atomic E-state index is 14.9. The lowest BCUT2D eigenvalue weighted by Crippen LogP contribution is -2.46. The van der Waals surface area contributed by atoms with Crippen molar-refractivity contribution in [2.24, 2.45) is 5.92 Å². The number of aromatic carboxylic acids is 1. The van der Waals surface area contributed by atoms with Crippen molar-refractivity contribution in [2.45, 2.75) is 57.0 Å². The SMILES string of the molecule is Cc1c(C(=O)O)c(-c2cccc(N3CCN(c4ccc(N5CCO[P@@]5(=O)c5ccc(N[C@H](CCN6CCC(COP(=O)(O)O)CC6)CSc6ccccc6)c([N+](=O)[O-])c5)cc4)CC3)c2)c(-c2ccc(Cl)cc2)n1C(C)C. The maximum Gasteiger partial charge on any atom is 0.469 e. The van der Waals surface area contributed by atoms with Crippen LogP contribution in [0, 0.1) is 23.0 Å². The molecule has 9 rings (SSSR count). The van der Waals surface area contributed by atoms with Gasteiger partial charge in [0, 0.05) is 94.9 Å². The Hall–Kier alpha value is -5.65. The zero-order chi connectivity index (χ0) is 53.7. The summed E-state index contributed by atoms with van der Waals surface area (Å²) in [4.78, 5) is 51.5. The number of nitrogens with zero attached hydrogens (tertiary/aromatic N) is 6. The number of aromatic nitrogens is 1. The predicted octanol–water partition coefficient (Wildman–Crippen LogP) is 11.4. The quantitative estimate of drug-likeness (QED) is 0.0243. The van der Waals surface area contributed by atoms with Crippen molar-refractivity contribution in [3.05, 3.63) is 148 Å². The number of nitro benzene ring substituents is 1. The molecule has 3 fully saturated rings. The Bertz CT molecular complexity index is 3110. The summed E-state index contributed by atoms with van der Waals surface area (Å²) in [5.41, 5.74) is 7.00. The van der Waals surface area contributed by atoms with Gasteiger partial charge in [-0.2, -0.15) is 0 Å². The van der Waals surface area contributed by atoms with Gasteiger partial charge >= 0.3 is 21.3 Å². The smallest absolute Gasteiger partial charge is 0.469 e.